The Bertz CT molecular complexity index is 2020. The number of carbonyl (C=O) groups excluding carboxylic acids is 3. The van der Waals surface area contributed by atoms with E-state index >= 15 is 0 Å². The molecule has 0 saturated carbocycles. The minimum Gasteiger partial charge on any atom is -0.382 e. The maximum absolute atomic E-state index is 13.9. The maximum Gasteiger partial charge on any atom is 0.194 e. The first-order valence-electron chi connectivity index (χ1n) is 18.5. The van der Waals surface area contributed by atoms with E-state index in [0.29, 0.717) is 60.8 Å². The van der Waals surface area contributed by atoms with Crippen molar-refractivity contribution in [3.8, 4) is 11.1 Å². The third-order valence-corrected chi connectivity index (χ3v) is 11.5. The molecule has 0 spiro atoms. The SMILES string of the molecule is CCC(O)(CC)C(=O)c1ccc(CC2(Cc3ccc(C(=O)C(O)(CC)CC)cc3)c3ccccc3-c3ccc(C(=O)c4ccc(C)cc4)cc32)cc1. The van der Waals surface area contributed by atoms with Crippen LogP contribution in [0.5, 0.6) is 0 Å². The van der Waals surface area contributed by atoms with Gasteiger partial charge in [0.25, 0.3) is 0 Å². The first-order valence-corrected chi connectivity index (χ1v) is 18.5. The second kappa shape index (κ2) is 14.6. The first kappa shape index (κ1) is 36.8. The molecule has 0 bridgehead atoms. The van der Waals surface area contributed by atoms with Gasteiger partial charge in [-0.25, -0.2) is 0 Å². The maximum atomic E-state index is 13.9. The Kier molecular flexibility index (Phi) is 10.3. The molecular weight excluding hydrogens is 645 g/mol. The zero-order valence-electron chi connectivity index (χ0n) is 30.8. The second-order valence-corrected chi connectivity index (χ2v) is 14.5. The molecule has 0 saturated heterocycles. The minimum atomic E-state index is -1.40. The van der Waals surface area contributed by atoms with E-state index < -0.39 is 16.6 Å². The normalized spacial score (nSPS) is 13.4. The van der Waals surface area contributed by atoms with Gasteiger partial charge in [0.05, 0.1) is 0 Å². The molecule has 0 radical (unpaired) electrons. The summed E-state index contributed by atoms with van der Waals surface area (Å²) in [7, 11) is 0. The van der Waals surface area contributed by atoms with Crippen molar-refractivity contribution < 1.29 is 24.6 Å². The van der Waals surface area contributed by atoms with Gasteiger partial charge in [0.1, 0.15) is 11.2 Å². The van der Waals surface area contributed by atoms with Gasteiger partial charge in [-0.05, 0) is 84.9 Å². The fourth-order valence-electron chi connectivity index (χ4n) is 7.84. The zero-order chi connectivity index (χ0) is 37.3. The van der Waals surface area contributed by atoms with Gasteiger partial charge in [-0.15, -0.1) is 0 Å². The van der Waals surface area contributed by atoms with Crippen molar-refractivity contribution in [1.82, 2.24) is 0 Å². The van der Waals surface area contributed by atoms with Crippen LogP contribution in [0.3, 0.4) is 0 Å². The van der Waals surface area contributed by atoms with E-state index in [1.165, 1.54) is 0 Å². The molecule has 5 aromatic carbocycles. The molecule has 266 valence electrons. The van der Waals surface area contributed by atoms with E-state index in [1.807, 2.05) is 126 Å². The molecule has 0 amide bonds. The van der Waals surface area contributed by atoms with E-state index in [-0.39, 0.29) is 17.3 Å². The van der Waals surface area contributed by atoms with Crippen LogP contribution in [-0.2, 0) is 18.3 Å². The highest BCUT2D eigenvalue weighted by molar-refractivity contribution is 6.09. The molecule has 2 N–H and O–H groups in total. The van der Waals surface area contributed by atoms with Crippen molar-refractivity contribution in [2.75, 3.05) is 0 Å². The van der Waals surface area contributed by atoms with Crippen molar-refractivity contribution in [1.29, 1.82) is 0 Å². The molecule has 0 atom stereocenters. The lowest BCUT2D eigenvalue weighted by Gasteiger charge is -2.33. The lowest BCUT2D eigenvalue weighted by Crippen LogP contribution is -2.37. The molecule has 52 heavy (non-hydrogen) atoms. The Morgan fingerprint density at radius 3 is 1.42 bits per heavy atom. The largest absolute Gasteiger partial charge is 0.382 e. The molecule has 1 aliphatic carbocycles. The fourth-order valence-corrected chi connectivity index (χ4v) is 7.84. The van der Waals surface area contributed by atoms with Crippen molar-refractivity contribution in [2.45, 2.75) is 89.8 Å². The Morgan fingerprint density at radius 2 is 0.942 bits per heavy atom. The highest BCUT2D eigenvalue weighted by Gasteiger charge is 2.44. The van der Waals surface area contributed by atoms with E-state index in [1.54, 1.807) is 0 Å². The number of hydrogen-bond acceptors (Lipinski definition) is 5. The van der Waals surface area contributed by atoms with Gasteiger partial charge >= 0.3 is 0 Å². The molecule has 5 nitrogen and oxygen atoms in total. The van der Waals surface area contributed by atoms with Crippen LogP contribution in [0, 0.1) is 6.92 Å². The first-order chi connectivity index (χ1) is 24.9. The number of fused-ring (bicyclic) bond motifs is 3. The predicted molar refractivity (Wildman–Crippen MR) is 207 cm³/mol. The van der Waals surface area contributed by atoms with Gasteiger partial charge in [0.15, 0.2) is 17.3 Å². The van der Waals surface area contributed by atoms with Gasteiger partial charge in [0.2, 0.25) is 0 Å². The monoisotopic (exact) mass is 692 g/mol. The van der Waals surface area contributed by atoms with Gasteiger partial charge in [-0.1, -0.05) is 142 Å². The topological polar surface area (TPSA) is 91.7 Å². The molecule has 5 aromatic rings. The smallest absolute Gasteiger partial charge is 0.194 e. The second-order valence-electron chi connectivity index (χ2n) is 14.5. The molecule has 1 aliphatic rings. The number of aryl methyl sites for hydroxylation is 1. The molecule has 6 rings (SSSR count). The minimum absolute atomic E-state index is 0.0444. The van der Waals surface area contributed by atoms with Crippen LogP contribution < -0.4 is 0 Å². The van der Waals surface area contributed by atoms with E-state index in [4.69, 9.17) is 0 Å². The van der Waals surface area contributed by atoms with Crippen molar-refractivity contribution in [2.24, 2.45) is 0 Å². The standard InChI is InChI=1S/C47H48O5/c1-6-46(51,7-2)43(49)35-22-16-32(17-23-35)29-45(30-33-18-24-36(25-19-33)44(50)47(52,8-3)9-4)40-13-11-10-12-38(40)39-27-26-37(28-41(39)45)42(48)34-20-14-31(5)15-21-34/h10-28,51-52H,6-9,29-30H2,1-5H3. The zero-order valence-corrected chi connectivity index (χ0v) is 30.8. The third kappa shape index (κ3) is 6.60. The lowest BCUT2D eigenvalue weighted by atomic mass is 9.69. The quantitative estimate of drug-likeness (QED) is 0.113. The lowest BCUT2D eigenvalue weighted by molar-refractivity contribution is 0.0277. The Morgan fingerprint density at radius 1 is 0.519 bits per heavy atom. The van der Waals surface area contributed by atoms with Crippen LogP contribution in [0.4, 0.5) is 0 Å². The fraction of sp³-hybridized carbons (Fsp3) is 0.298. The molecule has 0 unspecified atom stereocenters. The van der Waals surface area contributed by atoms with Crippen molar-refractivity contribution >= 4 is 17.3 Å². The number of ketones is 3. The van der Waals surface area contributed by atoms with Crippen molar-refractivity contribution in [3.63, 3.8) is 0 Å². The van der Waals surface area contributed by atoms with Crippen LogP contribution in [0.25, 0.3) is 11.1 Å². The molecule has 0 heterocycles. The molecule has 0 aromatic heterocycles. The summed E-state index contributed by atoms with van der Waals surface area (Å²) in [6, 6.07) is 37.2. The number of rotatable bonds is 14. The number of Topliss-reactive ketones (excluding diaryl/α,β-unsaturated/α-hetero) is 2. The Balaban J connectivity index is 1.47. The number of carbonyl (C=O) groups is 3. The van der Waals surface area contributed by atoms with Crippen LogP contribution >= 0.6 is 0 Å². The summed E-state index contributed by atoms with van der Waals surface area (Å²) in [4.78, 5) is 40.5. The Hall–Kier alpha value is -4.97. The highest BCUT2D eigenvalue weighted by Crippen LogP contribution is 2.52. The summed E-state index contributed by atoms with van der Waals surface area (Å²) in [5.41, 5.74) is 6.26. The van der Waals surface area contributed by atoms with E-state index in [2.05, 4.69) is 24.3 Å². The van der Waals surface area contributed by atoms with Crippen molar-refractivity contribution in [3.05, 3.63) is 165 Å². The summed E-state index contributed by atoms with van der Waals surface area (Å²) in [6.07, 6.45) is 2.50. The Labute approximate surface area is 307 Å². The van der Waals surface area contributed by atoms with E-state index in [9.17, 15) is 24.6 Å². The van der Waals surface area contributed by atoms with Gasteiger partial charge in [-0.2, -0.15) is 0 Å². The van der Waals surface area contributed by atoms with Gasteiger partial charge < -0.3 is 10.2 Å². The summed E-state index contributed by atoms with van der Waals surface area (Å²) in [6.45, 7) is 9.29. The number of aliphatic hydroxyl groups is 2. The molecular formula is C47H48O5. The average Bonchev–Trinajstić information content (AvgIpc) is 3.45. The summed E-state index contributed by atoms with van der Waals surface area (Å²) < 4.78 is 0. The predicted octanol–water partition coefficient (Wildman–Crippen LogP) is 9.45. The van der Waals surface area contributed by atoms with Gasteiger partial charge in [-0.3, -0.25) is 14.4 Å². The van der Waals surface area contributed by atoms with Crippen LogP contribution in [-0.4, -0.2) is 38.8 Å². The summed E-state index contributed by atoms with van der Waals surface area (Å²) in [5, 5.41) is 21.9. The van der Waals surface area contributed by atoms with E-state index in [0.717, 1.165) is 38.9 Å². The van der Waals surface area contributed by atoms with Crippen LogP contribution in [0.1, 0.15) is 118 Å². The third-order valence-electron chi connectivity index (χ3n) is 11.5. The van der Waals surface area contributed by atoms with Crippen LogP contribution in [0.2, 0.25) is 0 Å². The molecule has 0 fully saturated rings. The van der Waals surface area contributed by atoms with Gasteiger partial charge in [0, 0.05) is 27.7 Å². The molecule has 5 heteroatoms. The van der Waals surface area contributed by atoms with Crippen LogP contribution in [0.15, 0.2) is 115 Å². The summed E-state index contributed by atoms with van der Waals surface area (Å²) in [5.74, 6) is -0.596. The number of benzene rings is 5. The summed E-state index contributed by atoms with van der Waals surface area (Å²) >= 11 is 0. The molecule has 0 aliphatic heterocycles. The number of hydrogen-bond donors (Lipinski definition) is 2. The highest BCUT2D eigenvalue weighted by atomic mass is 16.3. The average molecular weight is 693 g/mol.